The number of fused-ring (bicyclic) bond motifs is 1. The Morgan fingerprint density at radius 1 is 1.16 bits per heavy atom. The second-order valence-corrected chi connectivity index (χ2v) is 5.08. The molecule has 4 nitrogen and oxygen atoms in total. The molecule has 0 radical (unpaired) electrons. The quantitative estimate of drug-likeness (QED) is 0.841. The highest BCUT2D eigenvalue weighted by Crippen LogP contribution is 2.33. The molecule has 2 fully saturated rings. The number of halogens is 1. The van der Waals surface area contributed by atoms with Crippen molar-refractivity contribution in [3.05, 3.63) is 35.6 Å². The van der Waals surface area contributed by atoms with Crippen LogP contribution in [0.5, 0.6) is 0 Å². The van der Waals surface area contributed by atoms with Crippen molar-refractivity contribution in [1.29, 1.82) is 0 Å². The van der Waals surface area contributed by atoms with Crippen molar-refractivity contribution in [2.75, 3.05) is 6.54 Å². The van der Waals surface area contributed by atoms with E-state index in [1.807, 2.05) is 0 Å². The monoisotopic (exact) mass is 262 g/mol. The zero-order valence-corrected chi connectivity index (χ0v) is 10.4. The number of carbonyl (C=O) groups excluding carboxylic acids is 2. The van der Waals surface area contributed by atoms with Crippen LogP contribution >= 0.6 is 0 Å². The number of imide groups is 1. The third-order valence-corrected chi connectivity index (χ3v) is 3.94. The first-order chi connectivity index (χ1) is 9.16. The van der Waals surface area contributed by atoms with Gasteiger partial charge < -0.3 is 4.90 Å². The Morgan fingerprint density at radius 2 is 1.89 bits per heavy atom. The van der Waals surface area contributed by atoms with E-state index in [2.05, 4.69) is 5.32 Å². The zero-order valence-electron chi connectivity index (χ0n) is 10.4. The standard InChI is InChI=1S/C14H15FN2O2/c15-10-6-4-9(5-7-10)12-11-3-1-2-8-17(11)14(19)16-13(12)18/h4-7,11-12H,1-3,8H2,(H,16,18,19)/t11-,12-/m0/s1. The first-order valence-corrected chi connectivity index (χ1v) is 6.54. The van der Waals surface area contributed by atoms with Gasteiger partial charge in [-0.3, -0.25) is 10.1 Å². The largest absolute Gasteiger partial charge is 0.324 e. The predicted molar refractivity (Wildman–Crippen MR) is 67.0 cm³/mol. The molecule has 100 valence electrons. The Hall–Kier alpha value is -1.91. The summed E-state index contributed by atoms with van der Waals surface area (Å²) in [5.41, 5.74) is 0.767. The fraction of sp³-hybridized carbons (Fsp3) is 0.429. The van der Waals surface area contributed by atoms with Crippen LogP contribution < -0.4 is 5.32 Å². The molecule has 0 aromatic heterocycles. The molecule has 1 N–H and O–H groups in total. The number of hydrogen-bond donors (Lipinski definition) is 1. The Kier molecular flexibility index (Phi) is 2.97. The number of urea groups is 1. The maximum absolute atomic E-state index is 13.0. The Bertz CT molecular complexity index is 515. The van der Waals surface area contributed by atoms with Crippen molar-refractivity contribution in [2.24, 2.45) is 0 Å². The maximum Gasteiger partial charge on any atom is 0.324 e. The second-order valence-electron chi connectivity index (χ2n) is 5.08. The summed E-state index contributed by atoms with van der Waals surface area (Å²) in [4.78, 5) is 25.6. The van der Waals surface area contributed by atoms with Gasteiger partial charge in [-0.05, 0) is 37.0 Å². The molecule has 2 saturated heterocycles. The number of nitrogens with one attached hydrogen (secondary N) is 1. The van der Waals surface area contributed by atoms with Crippen molar-refractivity contribution in [3.8, 4) is 0 Å². The van der Waals surface area contributed by atoms with Crippen LogP contribution in [0.3, 0.4) is 0 Å². The van der Waals surface area contributed by atoms with Gasteiger partial charge in [0.15, 0.2) is 0 Å². The number of benzene rings is 1. The summed E-state index contributed by atoms with van der Waals surface area (Å²) in [6, 6.07) is 5.57. The molecule has 0 spiro atoms. The van der Waals surface area contributed by atoms with Gasteiger partial charge >= 0.3 is 6.03 Å². The smallest absolute Gasteiger partial charge is 0.320 e. The van der Waals surface area contributed by atoms with E-state index in [0.717, 1.165) is 24.8 Å². The lowest BCUT2D eigenvalue weighted by Crippen LogP contribution is -2.60. The average Bonchev–Trinajstić information content (AvgIpc) is 2.41. The van der Waals surface area contributed by atoms with Gasteiger partial charge in [0.2, 0.25) is 5.91 Å². The van der Waals surface area contributed by atoms with Gasteiger partial charge in [-0.15, -0.1) is 0 Å². The van der Waals surface area contributed by atoms with Crippen molar-refractivity contribution >= 4 is 11.9 Å². The molecule has 3 rings (SSSR count). The molecule has 2 heterocycles. The molecule has 19 heavy (non-hydrogen) atoms. The minimum absolute atomic E-state index is 0.0968. The number of nitrogens with zero attached hydrogens (tertiary/aromatic N) is 1. The van der Waals surface area contributed by atoms with E-state index in [1.54, 1.807) is 17.0 Å². The van der Waals surface area contributed by atoms with Gasteiger partial charge in [0, 0.05) is 12.6 Å². The summed E-state index contributed by atoms with van der Waals surface area (Å²) in [7, 11) is 0. The molecule has 0 saturated carbocycles. The summed E-state index contributed by atoms with van der Waals surface area (Å²) >= 11 is 0. The average molecular weight is 262 g/mol. The van der Waals surface area contributed by atoms with E-state index in [1.165, 1.54) is 12.1 Å². The van der Waals surface area contributed by atoms with E-state index in [9.17, 15) is 14.0 Å². The van der Waals surface area contributed by atoms with Crippen LogP contribution in [0.4, 0.5) is 9.18 Å². The number of amides is 3. The first kappa shape index (κ1) is 12.1. The first-order valence-electron chi connectivity index (χ1n) is 6.54. The van der Waals surface area contributed by atoms with Gasteiger partial charge in [-0.2, -0.15) is 0 Å². The maximum atomic E-state index is 13.0. The number of carbonyl (C=O) groups is 2. The molecule has 1 aromatic carbocycles. The van der Waals surface area contributed by atoms with Gasteiger partial charge in [0.25, 0.3) is 0 Å². The predicted octanol–water partition coefficient (Wildman–Crippen LogP) is 2.01. The van der Waals surface area contributed by atoms with Crippen LogP contribution in [0.15, 0.2) is 24.3 Å². The number of piperidine rings is 1. The van der Waals surface area contributed by atoms with Crippen LogP contribution in [0.1, 0.15) is 30.7 Å². The second kappa shape index (κ2) is 4.64. The lowest BCUT2D eigenvalue weighted by molar-refractivity contribution is -0.125. The molecule has 2 aliphatic rings. The summed E-state index contributed by atoms with van der Waals surface area (Å²) in [5.74, 6) is -0.991. The summed E-state index contributed by atoms with van der Waals surface area (Å²) in [6.07, 6.45) is 2.80. The highest BCUT2D eigenvalue weighted by Gasteiger charge is 2.42. The van der Waals surface area contributed by atoms with E-state index in [-0.39, 0.29) is 23.8 Å². The summed E-state index contributed by atoms with van der Waals surface area (Å²) in [6.45, 7) is 0.682. The van der Waals surface area contributed by atoms with E-state index < -0.39 is 5.92 Å². The molecular formula is C14H15FN2O2. The normalized spacial score (nSPS) is 26.9. The van der Waals surface area contributed by atoms with E-state index in [4.69, 9.17) is 0 Å². The third-order valence-electron chi connectivity index (χ3n) is 3.94. The van der Waals surface area contributed by atoms with Crippen LogP contribution in [0, 0.1) is 5.82 Å². The molecule has 0 aliphatic carbocycles. The molecular weight excluding hydrogens is 247 g/mol. The fourth-order valence-electron chi connectivity index (χ4n) is 3.03. The lowest BCUT2D eigenvalue weighted by Gasteiger charge is -2.43. The lowest BCUT2D eigenvalue weighted by atomic mass is 9.83. The van der Waals surface area contributed by atoms with Gasteiger partial charge in [0.1, 0.15) is 5.82 Å². The molecule has 5 heteroatoms. The van der Waals surface area contributed by atoms with E-state index >= 15 is 0 Å². The van der Waals surface area contributed by atoms with Gasteiger partial charge in [-0.25, -0.2) is 9.18 Å². The minimum Gasteiger partial charge on any atom is -0.320 e. The van der Waals surface area contributed by atoms with Gasteiger partial charge in [0.05, 0.1) is 5.92 Å². The Labute approximate surface area is 110 Å². The summed E-state index contributed by atoms with van der Waals surface area (Å²) in [5, 5.41) is 2.40. The molecule has 2 aliphatic heterocycles. The summed E-state index contributed by atoms with van der Waals surface area (Å²) < 4.78 is 13.0. The fourth-order valence-corrected chi connectivity index (χ4v) is 3.03. The minimum atomic E-state index is -0.390. The topological polar surface area (TPSA) is 49.4 Å². The molecule has 3 amide bonds. The van der Waals surface area contributed by atoms with Crippen molar-refractivity contribution < 1.29 is 14.0 Å². The molecule has 2 atom stereocenters. The van der Waals surface area contributed by atoms with E-state index in [0.29, 0.717) is 6.54 Å². The van der Waals surface area contributed by atoms with Crippen molar-refractivity contribution in [2.45, 2.75) is 31.2 Å². The SMILES string of the molecule is O=C1NC(=O)N2CCCC[C@H]2[C@@H]1c1ccc(F)cc1. The highest BCUT2D eigenvalue weighted by atomic mass is 19.1. The van der Waals surface area contributed by atoms with Crippen LogP contribution in [-0.4, -0.2) is 29.4 Å². The van der Waals surface area contributed by atoms with Crippen LogP contribution in [-0.2, 0) is 4.79 Å². The molecule has 0 unspecified atom stereocenters. The van der Waals surface area contributed by atoms with Crippen molar-refractivity contribution in [3.63, 3.8) is 0 Å². The Morgan fingerprint density at radius 3 is 2.63 bits per heavy atom. The molecule has 0 bridgehead atoms. The third kappa shape index (κ3) is 2.09. The highest BCUT2D eigenvalue weighted by molar-refractivity contribution is 6.01. The number of hydrogen-bond acceptors (Lipinski definition) is 2. The van der Waals surface area contributed by atoms with Crippen LogP contribution in [0.2, 0.25) is 0 Å². The zero-order chi connectivity index (χ0) is 13.4. The van der Waals surface area contributed by atoms with Crippen LogP contribution in [0.25, 0.3) is 0 Å². The Balaban J connectivity index is 1.95. The van der Waals surface area contributed by atoms with Gasteiger partial charge in [-0.1, -0.05) is 12.1 Å². The van der Waals surface area contributed by atoms with Crippen molar-refractivity contribution in [1.82, 2.24) is 10.2 Å². The number of rotatable bonds is 1. The molecule has 1 aromatic rings.